The summed E-state index contributed by atoms with van der Waals surface area (Å²) in [6, 6.07) is 6.68. The molecule has 10 nitrogen and oxygen atoms in total. The van der Waals surface area contributed by atoms with Crippen molar-refractivity contribution in [2.45, 2.75) is 89.8 Å². The quantitative estimate of drug-likeness (QED) is 0.489. The van der Waals surface area contributed by atoms with E-state index in [9.17, 15) is 9.59 Å². The summed E-state index contributed by atoms with van der Waals surface area (Å²) in [5.74, 6) is 1.74. The number of hydrogen-bond acceptors (Lipinski definition) is 8. The van der Waals surface area contributed by atoms with E-state index in [1.54, 1.807) is 24.3 Å². The number of hydrogen-bond donors (Lipinski definition) is 2. The number of nitrogens with one attached hydrogen (secondary N) is 2. The van der Waals surface area contributed by atoms with Crippen molar-refractivity contribution in [2.24, 2.45) is 5.41 Å². The molecule has 0 radical (unpaired) electrons. The largest absolute Gasteiger partial charge is 0.495 e. The Labute approximate surface area is 249 Å². The molecule has 2 aromatic rings. The number of likely N-dealkylation sites (tertiary alicyclic amines) is 1. The average molecular weight is 576 g/mol. The van der Waals surface area contributed by atoms with Crippen molar-refractivity contribution in [3.63, 3.8) is 0 Å². The summed E-state index contributed by atoms with van der Waals surface area (Å²) in [6.45, 7) is 7.08. The van der Waals surface area contributed by atoms with Gasteiger partial charge in [0.1, 0.15) is 11.4 Å². The molecule has 2 amide bonds. The third-order valence-corrected chi connectivity index (χ3v) is 9.75. The van der Waals surface area contributed by atoms with Crippen molar-refractivity contribution < 1.29 is 14.3 Å². The smallest absolute Gasteiger partial charge is 0.251 e. The van der Waals surface area contributed by atoms with E-state index in [-0.39, 0.29) is 17.9 Å². The van der Waals surface area contributed by atoms with Gasteiger partial charge in [0.05, 0.1) is 24.4 Å². The Bertz CT molecular complexity index is 1310. The van der Waals surface area contributed by atoms with Gasteiger partial charge in [-0.2, -0.15) is 4.98 Å². The van der Waals surface area contributed by atoms with Crippen LogP contribution in [0.2, 0.25) is 0 Å². The van der Waals surface area contributed by atoms with Gasteiger partial charge in [-0.25, -0.2) is 4.98 Å². The summed E-state index contributed by atoms with van der Waals surface area (Å²) < 4.78 is 5.68. The third kappa shape index (κ3) is 5.65. The van der Waals surface area contributed by atoms with Crippen LogP contribution in [-0.4, -0.2) is 78.6 Å². The van der Waals surface area contributed by atoms with Crippen molar-refractivity contribution in [3.05, 3.63) is 30.0 Å². The first kappa shape index (κ1) is 28.7. The van der Waals surface area contributed by atoms with Crippen LogP contribution >= 0.6 is 0 Å². The Balaban J connectivity index is 1.18. The highest BCUT2D eigenvalue weighted by molar-refractivity contribution is 6.01. The zero-order valence-corrected chi connectivity index (χ0v) is 25.5. The van der Waals surface area contributed by atoms with Crippen LogP contribution in [0.1, 0.15) is 82.0 Å². The highest BCUT2D eigenvalue weighted by atomic mass is 16.5. The molecule has 10 heteroatoms. The van der Waals surface area contributed by atoms with Gasteiger partial charge in [0.15, 0.2) is 5.82 Å². The van der Waals surface area contributed by atoms with Crippen molar-refractivity contribution in [2.75, 3.05) is 48.9 Å². The molecular formula is C32H45N7O3. The first-order valence-electron chi connectivity index (χ1n) is 15.7. The monoisotopic (exact) mass is 575 g/mol. The molecule has 0 bridgehead atoms. The Morgan fingerprint density at radius 1 is 1.02 bits per heavy atom. The number of carbonyl (C=O) groups is 2. The summed E-state index contributed by atoms with van der Waals surface area (Å²) in [5, 5.41) is 6.55. The van der Waals surface area contributed by atoms with E-state index in [1.807, 2.05) is 33.0 Å². The summed E-state index contributed by atoms with van der Waals surface area (Å²) >= 11 is 0. The number of aromatic nitrogens is 2. The van der Waals surface area contributed by atoms with Gasteiger partial charge in [-0.3, -0.25) is 9.59 Å². The van der Waals surface area contributed by atoms with Crippen molar-refractivity contribution in [1.82, 2.24) is 20.2 Å². The standard InChI is InChI=1S/C32H45N7O3/c1-32(2)20-39(24-8-5-6-9-24)28-26(37(3)30(32)41)19-33-31(36-28)35-25-15-10-21(18-27(25)42-4)29(40)34-22-11-13-23(14-12-22)38-16-7-17-38/h10,15,18-19,22-24H,5-9,11-14,16-17,20H2,1-4H3,(H,34,40)(H,33,35,36). The van der Waals surface area contributed by atoms with Crippen LogP contribution in [0.4, 0.5) is 23.1 Å². The Morgan fingerprint density at radius 3 is 2.43 bits per heavy atom. The highest BCUT2D eigenvalue weighted by Crippen LogP contribution is 2.40. The molecule has 6 rings (SSSR count). The lowest BCUT2D eigenvalue weighted by Gasteiger charge is -2.42. The number of nitrogens with zero attached hydrogens (tertiary/aromatic N) is 5. The lowest BCUT2D eigenvalue weighted by molar-refractivity contribution is -0.125. The molecule has 1 saturated heterocycles. The Morgan fingerprint density at radius 2 is 1.76 bits per heavy atom. The van der Waals surface area contributed by atoms with Gasteiger partial charge in [-0.15, -0.1) is 0 Å². The number of fused-ring (bicyclic) bond motifs is 1. The number of rotatable bonds is 7. The maximum absolute atomic E-state index is 13.3. The molecule has 2 N–H and O–H groups in total. The van der Waals surface area contributed by atoms with Gasteiger partial charge in [0.25, 0.3) is 5.91 Å². The number of amides is 2. The molecule has 3 heterocycles. The molecule has 226 valence electrons. The fourth-order valence-corrected chi connectivity index (χ4v) is 7.14. The minimum absolute atomic E-state index is 0.0632. The minimum Gasteiger partial charge on any atom is -0.495 e. The fourth-order valence-electron chi connectivity index (χ4n) is 7.14. The number of benzene rings is 1. The van der Waals surface area contributed by atoms with Crippen molar-refractivity contribution in [1.29, 1.82) is 0 Å². The number of anilines is 4. The fraction of sp³-hybridized carbons (Fsp3) is 0.625. The van der Waals surface area contributed by atoms with Crippen LogP contribution in [-0.2, 0) is 4.79 Å². The first-order chi connectivity index (χ1) is 20.2. The molecule has 0 unspecified atom stereocenters. The van der Waals surface area contributed by atoms with Crippen LogP contribution in [0.15, 0.2) is 24.4 Å². The van der Waals surface area contributed by atoms with E-state index in [0.29, 0.717) is 41.6 Å². The summed E-state index contributed by atoms with van der Waals surface area (Å²) in [4.78, 5) is 42.6. The molecule has 0 spiro atoms. The molecule has 1 aromatic carbocycles. The SMILES string of the molecule is COc1cc(C(=O)NC2CCC(N3CCC3)CC2)ccc1Nc1ncc2c(n1)N(C1CCCC1)CC(C)(C)C(=O)N2C. The van der Waals surface area contributed by atoms with E-state index in [4.69, 9.17) is 9.72 Å². The van der Waals surface area contributed by atoms with Gasteiger partial charge in [0.2, 0.25) is 11.9 Å². The van der Waals surface area contributed by atoms with Crippen LogP contribution in [0.25, 0.3) is 0 Å². The lowest BCUT2D eigenvalue weighted by Crippen LogP contribution is -2.49. The first-order valence-corrected chi connectivity index (χ1v) is 15.7. The zero-order chi connectivity index (χ0) is 29.4. The molecule has 3 fully saturated rings. The van der Waals surface area contributed by atoms with E-state index >= 15 is 0 Å². The molecule has 1 aromatic heterocycles. The number of ether oxygens (including phenoxy) is 1. The third-order valence-electron chi connectivity index (χ3n) is 9.75. The average Bonchev–Trinajstić information content (AvgIpc) is 3.48. The van der Waals surface area contributed by atoms with Gasteiger partial charge in [0, 0.05) is 37.3 Å². The number of methoxy groups -OCH3 is 1. The summed E-state index contributed by atoms with van der Waals surface area (Å²) in [5.41, 5.74) is 1.43. The van der Waals surface area contributed by atoms with Gasteiger partial charge >= 0.3 is 0 Å². The maximum Gasteiger partial charge on any atom is 0.251 e. The predicted octanol–water partition coefficient (Wildman–Crippen LogP) is 4.73. The van der Waals surface area contributed by atoms with Crippen molar-refractivity contribution >= 4 is 35.0 Å². The Kier molecular flexibility index (Phi) is 8.00. The molecular weight excluding hydrogens is 530 g/mol. The summed E-state index contributed by atoms with van der Waals surface area (Å²) in [6.07, 6.45) is 12.0. The lowest BCUT2D eigenvalue weighted by atomic mass is 9.88. The van der Waals surface area contributed by atoms with Crippen LogP contribution in [0.3, 0.4) is 0 Å². The second kappa shape index (κ2) is 11.7. The maximum atomic E-state index is 13.3. The van der Waals surface area contributed by atoms with Crippen LogP contribution < -0.4 is 25.2 Å². The van der Waals surface area contributed by atoms with E-state index in [1.165, 1.54) is 32.4 Å². The Hall–Kier alpha value is -3.40. The molecule has 42 heavy (non-hydrogen) atoms. The van der Waals surface area contributed by atoms with Crippen molar-refractivity contribution in [3.8, 4) is 5.75 Å². The summed E-state index contributed by atoms with van der Waals surface area (Å²) in [7, 11) is 3.41. The normalized spacial score (nSPS) is 24.5. The molecule has 2 aliphatic heterocycles. The second-order valence-corrected chi connectivity index (χ2v) is 13.1. The predicted molar refractivity (Wildman–Crippen MR) is 165 cm³/mol. The topological polar surface area (TPSA) is 103 Å². The van der Waals surface area contributed by atoms with Crippen LogP contribution in [0.5, 0.6) is 5.75 Å². The zero-order valence-electron chi connectivity index (χ0n) is 25.5. The number of carbonyl (C=O) groups excluding carboxylic acids is 2. The molecule has 2 saturated carbocycles. The van der Waals surface area contributed by atoms with Gasteiger partial charge < -0.3 is 30.1 Å². The highest BCUT2D eigenvalue weighted by Gasteiger charge is 2.41. The van der Waals surface area contributed by atoms with Crippen LogP contribution in [0, 0.1) is 5.41 Å². The van der Waals surface area contributed by atoms with E-state index < -0.39 is 5.41 Å². The van der Waals surface area contributed by atoms with Gasteiger partial charge in [-0.1, -0.05) is 12.8 Å². The second-order valence-electron chi connectivity index (χ2n) is 13.1. The minimum atomic E-state index is -0.543. The van der Waals surface area contributed by atoms with E-state index in [0.717, 1.165) is 50.0 Å². The van der Waals surface area contributed by atoms with Gasteiger partial charge in [-0.05, 0) is 90.1 Å². The molecule has 4 aliphatic rings. The molecule has 2 aliphatic carbocycles. The molecule has 0 atom stereocenters. The van der Waals surface area contributed by atoms with E-state index in [2.05, 4.69) is 25.4 Å².